The number of alkyl halides is 3. The molecule has 16 heteroatoms. The van der Waals surface area contributed by atoms with Gasteiger partial charge in [-0.15, -0.1) is 5.10 Å². The summed E-state index contributed by atoms with van der Waals surface area (Å²) in [6, 6.07) is 9.63. The van der Waals surface area contributed by atoms with E-state index in [0.717, 1.165) is 73.8 Å². The summed E-state index contributed by atoms with van der Waals surface area (Å²) in [6.07, 6.45) is 0.782. The lowest BCUT2D eigenvalue weighted by Crippen LogP contribution is -2.52. The quantitative estimate of drug-likeness (QED) is 0.134. The number of piperazine rings is 1. The molecule has 1 N–H and O–H groups in total. The molecule has 2 aliphatic heterocycles. The number of unbranched alkanes of at least 4 members (excludes halogenated alkanes) is 1. The van der Waals surface area contributed by atoms with Crippen molar-refractivity contribution < 1.29 is 41.4 Å². The minimum absolute atomic E-state index is 0.133. The molecule has 276 valence electrons. The van der Waals surface area contributed by atoms with Crippen LogP contribution in [0.25, 0.3) is 10.8 Å². The van der Waals surface area contributed by atoms with Crippen LogP contribution < -0.4 is 19.7 Å². The van der Waals surface area contributed by atoms with Gasteiger partial charge in [-0.2, -0.15) is 18.3 Å². The van der Waals surface area contributed by atoms with Crippen molar-refractivity contribution in [3.63, 3.8) is 0 Å². The fraction of sp³-hybridized carbons (Fsp3) is 0.417. The highest BCUT2D eigenvalue weighted by Crippen LogP contribution is 2.38. The number of nitrogens with zero attached hydrogens (tertiary/aromatic N) is 6. The van der Waals surface area contributed by atoms with Crippen LogP contribution in [-0.4, -0.2) is 110 Å². The van der Waals surface area contributed by atoms with Gasteiger partial charge in [-0.1, -0.05) is 0 Å². The Morgan fingerprint density at radius 2 is 1.63 bits per heavy atom. The topological polar surface area (TPSA) is 122 Å². The summed E-state index contributed by atoms with van der Waals surface area (Å²) in [5.74, 6) is -1.85. The van der Waals surface area contributed by atoms with Crippen LogP contribution in [0.1, 0.15) is 29.7 Å². The summed E-state index contributed by atoms with van der Waals surface area (Å²) in [4.78, 5) is 35.5. The molecule has 4 heterocycles. The normalized spacial score (nSPS) is 15.5. The van der Waals surface area contributed by atoms with E-state index >= 15 is 0 Å². The van der Waals surface area contributed by atoms with Crippen molar-refractivity contribution in [2.75, 3.05) is 83.0 Å². The second-order valence-corrected chi connectivity index (χ2v) is 12.5. The van der Waals surface area contributed by atoms with Gasteiger partial charge in [0.25, 0.3) is 0 Å². The number of hydrogen-bond donors (Lipinski definition) is 1. The van der Waals surface area contributed by atoms with Crippen LogP contribution in [0.4, 0.5) is 29.1 Å². The van der Waals surface area contributed by atoms with Gasteiger partial charge in [-0.25, -0.2) is 4.39 Å². The summed E-state index contributed by atoms with van der Waals surface area (Å²) in [7, 11) is 1.59. The number of halogens is 4. The number of amides is 2. The molecule has 0 unspecified atom stereocenters. The van der Waals surface area contributed by atoms with Crippen molar-refractivity contribution in [3.8, 4) is 11.5 Å². The number of anilines is 2. The van der Waals surface area contributed by atoms with Gasteiger partial charge in [-0.3, -0.25) is 19.5 Å². The Morgan fingerprint density at radius 3 is 2.35 bits per heavy atom. The van der Waals surface area contributed by atoms with E-state index in [2.05, 4.69) is 25.4 Å². The maximum Gasteiger partial charge on any atom is 0.419 e. The Kier molecular flexibility index (Phi) is 11.6. The summed E-state index contributed by atoms with van der Waals surface area (Å²) in [5.41, 5.74) is -0.162. The van der Waals surface area contributed by atoms with E-state index in [-0.39, 0.29) is 18.8 Å². The van der Waals surface area contributed by atoms with Crippen LogP contribution in [0.5, 0.6) is 11.5 Å². The largest absolute Gasteiger partial charge is 0.493 e. The highest BCUT2D eigenvalue weighted by atomic mass is 19.4. The van der Waals surface area contributed by atoms with Crippen molar-refractivity contribution in [2.45, 2.75) is 25.4 Å². The molecule has 2 amide bonds. The van der Waals surface area contributed by atoms with Gasteiger partial charge in [0.1, 0.15) is 5.82 Å². The van der Waals surface area contributed by atoms with Gasteiger partial charge in [0.05, 0.1) is 38.2 Å². The van der Waals surface area contributed by atoms with Crippen molar-refractivity contribution in [1.29, 1.82) is 0 Å². The molecule has 2 aliphatic rings. The van der Waals surface area contributed by atoms with E-state index in [1.807, 2.05) is 29.2 Å². The predicted octanol–water partition coefficient (Wildman–Crippen LogP) is 4.56. The molecule has 2 fully saturated rings. The van der Waals surface area contributed by atoms with E-state index in [0.29, 0.717) is 55.6 Å². The Morgan fingerprint density at radius 1 is 0.904 bits per heavy atom. The van der Waals surface area contributed by atoms with Crippen molar-refractivity contribution in [2.24, 2.45) is 0 Å². The van der Waals surface area contributed by atoms with E-state index in [1.165, 1.54) is 4.90 Å². The Labute approximate surface area is 297 Å². The number of nitrogens with one attached hydrogen (secondary N) is 1. The van der Waals surface area contributed by atoms with Gasteiger partial charge < -0.3 is 29.3 Å². The molecule has 0 atom stereocenters. The first-order valence-electron chi connectivity index (χ1n) is 17.0. The summed E-state index contributed by atoms with van der Waals surface area (Å²) in [6.45, 7) is 5.70. The number of pyridine rings is 1. The van der Waals surface area contributed by atoms with Gasteiger partial charge in [0, 0.05) is 74.5 Å². The molecule has 0 radical (unpaired) electrons. The molecule has 0 bridgehead atoms. The first-order valence-corrected chi connectivity index (χ1v) is 17.0. The number of morpholine rings is 1. The lowest BCUT2D eigenvalue weighted by Gasteiger charge is -2.35. The lowest BCUT2D eigenvalue weighted by molar-refractivity contribution is -0.143. The van der Waals surface area contributed by atoms with Crippen LogP contribution in [-0.2, 0) is 26.9 Å². The average molecular weight is 726 g/mol. The van der Waals surface area contributed by atoms with Crippen LogP contribution >= 0.6 is 0 Å². The average Bonchev–Trinajstić information content (AvgIpc) is 3.15. The second kappa shape index (κ2) is 16.5. The molecular weight excluding hydrogens is 686 g/mol. The number of aromatic nitrogens is 3. The summed E-state index contributed by atoms with van der Waals surface area (Å²) < 4.78 is 70.6. The molecule has 0 spiro atoms. The van der Waals surface area contributed by atoms with Crippen LogP contribution in [0.3, 0.4) is 0 Å². The first-order chi connectivity index (χ1) is 25.1. The van der Waals surface area contributed by atoms with E-state index in [1.54, 1.807) is 19.5 Å². The summed E-state index contributed by atoms with van der Waals surface area (Å²) >= 11 is 0. The number of ether oxygens (including phenoxy) is 3. The highest BCUT2D eigenvalue weighted by Gasteiger charge is 2.35. The minimum atomic E-state index is -4.96. The number of benzene rings is 2. The Bertz CT molecular complexity index is 1870. The predicted molar refractivity (Wildman–Crippen MR) is 184 cm³/mol. The standard InChI is InChI=1S/C36H39F4N7O5/c1-50-31-22-26-27(23-32(31)52-17-3-2-10-45-15-18-51-19-16-45)33(44-43-30(26)20-24-6-8-41-9-7-24)46-11-13-47(14-12-46)35(49)34(48)42-25-4-5-29(37)28(21-25)36(38,39)40/h4-9,21-23H,2-3,10-20H2,1H3,(H,42,48). The van der Waals surface area contributed by atoms with Gasteiger partial charge >= 0.3 is 18.0 Å². The molecule has 2 aromatic carbocycles. The zero-order chi connectivity index (χ0) is 36.7. The minimum Gasteiger partial charge on any atom is -0.493 e. The van der Waals surface area contributed by atoms with E-state index < -0.39 is 29.4 Å². The van der Waals surface area contributed by atoms with Crippen molar-refractivity contribution in [3.05, 3.63) is 77.5 Å². The van der Waals surface area contributed by atoms with Crippen LogP contribution in [0, 0.1) is 5.82 Å². The Balaban J connectivity index is 1.17. The molecule has 6 rings (SSSR count). The lowest BCUT2D eigenvalue weighted by atomic mass is 10.0. The summed E-state index contributed by atoms with van der Waals surface area (Å²) in [5, 5.41) is 13.0. The van der Waals surface area contributed by atoms with Crippen molar-refractivity contribution >= 4 is 34.1 Å². The fourth-order valence-corrected chi connectivity index (χ4v) is 6.24. The molecule has 2 saturated heterocycles. The van der Waals surface area contributed by atoms with Crippen LogP contribution in [0.15, 0.2) is 54.9 Å². The number of methoxy groups -OCH3 is 1. The van der Waals surface area contributed by atoms with E-state index in [4.69, 9.17) is 14.2 Å². The number of carbonyl (C=O) groups is 2. The molecule has 12 nitrogen and oxygen atoms in total. The highest BCUT2D eigenvalue weighted by molar-refractivity contribution is 6.39. The van der Waals surface area contributed by atoms with Gasteiger partial charge in [0.15, 0.2) is 17.3 Å². The Hall–Kier alpha value is -5.09. The molecule has 4 aromatic rings. The van der Waals surface area contributed by atoms with Gasteiger partial charge in [-0.05, 0) is 67.4 Å². The third kappa shape index (κ3) is 8.85. The number of rotatable bonds is 11. The number of hydrogen-bond acceptors (Lipinski definition) is 10. The molecule has 0 aliphatic carbocycles. The molecule has 52 heavy (non-hydrogen) atoms. The monoisotopic (exact) mass is 725 g/mol. The smallest absolute Gasteiger partial charge is 0.419 e. The molecule has 2 aromatic heterocycles. The fourth-order valence-electron chi connectivity index (χ4n) is 6.24. The molecule has 0 saturated carbocycles. The first kappa shape index (κ1) is 36.7. The third-order valence-corrected chi connectivity index (χ3v) is 9.06. The second-order valence-electron chi connectivity index (χ2n) is 12.5. The number of fused-ring (bicyclic) bond motifs is 1. The third-order valence-electron chi connectivity index (χ3n) is 9.06. The number of carbonyl (C=O) groups excluding carboxylic acids is 2. The van der Waals surface area contributed by atoms with E-state index in [9.17, 15) is 27.2 Å². The molecular formula is C36H39F4N7O5. The maximum absolute atomic E-state index is 13.7. The zero-order valence-electron chi connectivity index (χ0n) is 28.6. The maximum atomic E-state index is 13.7. The van der Waals surface area contributed by atoms with Gasteiger partial charge in [0.2, 0.25) is 0 Å². The van der Waals surface area contributed by atoms with Crippen molar-refractivity contribution in [1.82, 2.24) is 25.0 Å². The zero-order valence-corrected chi connectivity index (χ0v) is 28.6. The SMILES string of the molecule is COc1cc2c(Cc3ccncc3)nnc(N3CCN(C(=O)C(=O)Nc4ccc(F)c(C(F)(F)F)c4)CC3)c2cc1OCCCCN1CCOCC1. The van der Waals surface area contributed by atoms with Crippen LogP contribution in [0.2, 0.25) is 0 Å².